The highest BCUT2D eigenvalue weighted by atomic mass is 16.5. The molecule has 1 unspecified atom stereocenters. The predicted octanol–water partition coefficient (Wildman–Crippen LogP) is 3.59. The first-order chi connectivity index (χ1) is 11.0. The molecule has 1 atom stereocenters. The number of hydrogen-bond donors (Lipinski definition) is 0. The molecule has 1 saturated heterocycles. The average Bonchev–Trinajstić information content (AvgIpc) is 2.75. The Morgan fingerprint density at radius 3 is 2.26 bits per heavy atom. The lowest BCUT2D eigenvalue weighted by molar-refractivity contribution is -0.123. The minimum atomic E-state index is -0.596. The molecule has 2 aliphatic rings. The van der Waals surface area contributed by atoms with Crippen LogP contribution in [0.5, 0.6) is 0 Å². The molecule has 3 heteroatoms. The summed E-state index contributed by atoms with van der Waals surface area (Å²) in [5.74, 6) is -0.170. The molecule has 0 N–H and O–H groups in total. The van der Waals surface area contributed by atoms with Gasteiger partial charge in [0.1, 0.15) is 5.92 Å². The number of ether oxygens (including phenoxy) is 1. The SMILES string of the molecule is Cc1cc(C)c(C2C(=O)CC(=CC3CCOCC3)C2=O)c(C)c1. The second kappa shape index (κ2) is 6.40. The van der Waals surface area contributed by atoms with E-state index in [-0.39, 0.29) is 18.0 Å². The highest BCUT2D eigenvalue weighted by Crippen LogP contribution is 2.37. The molecule has 1 aliphatic carbocycles. The van der Waals surface area contributed by atoms with Crippen LogP contribution < -0.4 is 0 Å². The van der Waals surface area contributed by atoms with E-state index in [0.29, 0.717) is 11.5 Å². The van der Waals surface area contributed by atoms with Crippen LogP contribution in [0.2, 0.25) is 0 Å². The summed E-state index contributed by atoms with van der Waals surface area (Å²) >= 11 is 0. The average molecular weight is 312 g/mol. The van der Waals surface area contributed by atoms with Gasteiger partial charge in [0.2, 0.25) is 0 Å². The van der Waals surface area contributed by atoms with Crippen LogP contribution in [0.1, 0.15) is 47.4 Å². The van der Waals surface area contributed by atoms with Crippen molar-refractivity contribution in [3.05, 3.63) is 46.0 Å². The van der Waals surface area contributed by atoms with Crippen molar-refractivity contribution < 1.29 is 14.3 Å². The summed E-state index contributed by atoms with van der Waals surface area (Å²) in [5, 5.41) is 0. The third-order valence-corrected chi connectivity index (χ3v) is 4.99. The number of aryl methyl sites for hydroxylation is 3. The molecule has 0 radical (unpaired) electrons. The van der Waals surface area contributed by atoms with Crippen LogP contribution in [0, 0.1) is 26.7 Å². The topological polar surface area (TPSA) is 43.4 Å². The minimum Gasteiger partial charge on any atom is -0.381 e. The molecule has 122 valence electrons. The molecule has 23 heavy (non-hydrogen) atoms. The van der Waals surface area contributed by atoms with Crippen molar-refractivity contribution in [2.75, 3.05) is 13.2 Å². The Balaban J connectivity index is 1.91. The van der Waals surface area contributed by atoms with Gasteiger partial charge in [0, 0.05) is 19.6 Å². The molecule has 3 rings (SSSR count). The highest BCUT2D eigenvalue weighted by molar-refractivity contribution is 6.23. The van der Waals surface area contributed by atoms with Gasteiger partial charge in [-0.2, -0.15) is 0 Å². The Bertz CT molecular complexity index is 655. The number of allylic oxidation sites excluding steroid dienone is 2. The lowest BCUT2D eigenvalue weighted by Gasteiger charge is -2.19. The molecular weight excluding hydrogens is 288 g/mol. The van der Waals surface area contributed by atoms with Crippen LogP contribution in [0.4, 0.5) is 0 Å². The largest absolute Gasteiger partial charge is 0.381 e. The molecule has 2 fully saturated rings. The Morgan fingerprint density at radius 1 is 1.04 bits per heavy atom. The molecule has 3 nitrogen and oxygen atoms in total. The van der Waals surface area contributed by atoms with Crippen LogP contribution in [0.15, 0.2) is 23.8 Å². The van der Waals surface area contributed by atoms with Gasteiger partial charge >= 0.3 is 0 Å². The van der Waals surface area contributed by atoms with Crippen molar-refractivity contribution in [3.8, 4) is 0 Å². The first kappa shape index (κ1) is 16.1. The molecule has 1 saturated carbocycles. The van der Waals surface area contributed by atoms with Gasteiger partial charge in [0.25, 0.3) is 0 Å². The van der Waals surface area contributed by atoms with E-state index in [4.69, 9.17) is 4.74 Å². The van der Waals surface area contributed by atoms with Crippen LogP contribution in [-0.2, 0) is 14.3 Å². The van der Waals surface area contributed by atoms with Crippen LogP contribution in [-0.4, -0.2) is 24.8 Å². The van der Waals surface area contributed by atoms with Crippen LogP contribution >= 0.6 is 0 Å². The van der Waals surface area contributed by atoms with E-state index < -0.39 is 5.92 Å². The Morgan fingerprint density at radius 2 is 1.65 bits per heavy atom. The fraction of sp³-hybridized carbons (Fsp3) is 0.500. The molecule has 1 aromatic carbocycles. The van der Waals surface area contributed by atoms with E-state index in [1.807, 2.05) is 26.8 Å². The van der Waals surface area contributed by atoms with Gasteiger partial charge in [-0.3, -0.25) is 9.59 Å². The summed E-state index contributed by atoms with van der Waals surface area (Å²) in [6.45, 7) is 7.52. The Hall–Kier alpha value is -1.74. The first-order valence-electron chi connectivity index (χ1n) is 8.40. The number of Topliss-reactive ketones (excluding diaryl/α,β-unsaturated/α-hetero) is 2. The second-order valence-corrected chi connectivity index (χ2v) is 6.89. The zero-order valence-electron chi connectivity index (χ0n) is 14.1. The molecule has 0 spiro atoms. The van der Waals surface area contributed by atoms with Crippen LogP contribution in [0.3, 0.4) is 0 Å². The predicted molar refractivity (Wildman–Crippen MR) is 89.7 cm³/mol. The van der Waals surface area contributed by atoms with E-state index in [1.54, 1.807) is 0 Å². The summed E-state index contributed by atoms with van der Waals surface area (Å²) in [7, 11) is 0. The monoisotopic (exact) mass is 312 g/mol. The molecular formula is C20H24O3. The maximum absolute atomic E-state index is 12.9. The quantitative estimate of drug-likeness (QED) is 0.619. The zero-order valence-corrected chi connectivity index (χ0v) is 14.1. The molecule has 1 aromatic rings. The Labute approximate surface area is 137 Å². The van der Waals surface area contributed by atoms with Gasteiger partial charge in [0.15, 0.2) is 11.6 Å². The van der Waals surface area contributed by atoms with Crippen LogP contribution in [0.25, 0.3) is 0 Å². The number of benzene rings is 1. The maximum Gasteiger partial charge on any atom is 0.173 e. The molecule has 1 aliphatic heterocycles. The van der Waals surface area contributed by atoms with E-state index >= 15 is 0 Å². The minimum absolute atomic E-state index is 0.0107. The lowest BCUT2D eigenvalue weighted by Crippen LogP contribution is -2.17. The standard InChI is InChI=1S/C20H24O3/c1-12-8-13(2)18(14(3)9-12)19-17(21)11-16(20(19)22)10-15-4-6-23-7-5-15/h8-10,15,19H,4-7,11H2,1-3H3. The summed E-state index contributed by atoms with van der Waals surface area (Å²) in [6, 6.07) is 4.12. The van der Waals surface area contributed by atoms with Gasteiger partial charge in [0.05, 0.1) is 0 Å². The van der Waals surface area contributed by atoms with Crippen molar-refractivity contribution >= 4 is 11.6 Å². The summed E-state index contributed by atoms with van der Waals surface area (Å²) in [6.07, 6.45) is 4.21. The third-order valence-electron chi connectivity index (χ3n) is 4.99. The van der Waals surface area contributed by atoms with Gasteiger partial charge in [-0.05, 0) is 61.8 Å². The fourth-order valence-electron chi connectivity index (χ4n) is 3.96. The molecule has 1 heterocycles. The van der Waals surface area contributed by atoms with Gasteiger partial charge in [-0.1, -0.05) is 23.8 Å². The summed E-state index contributed by atoms with van der Waals surface area (Å²) in [4.78, 5) is 25.4. The van der Waals surface area contributed by atoms with Crippen molar-refractivity contribution in [3.63, 3.8) is 0 Å². The van der Waals surface area contributed by atoms with E-state index in [1.165, 1.54) is 5.56 Å². The highest BCUT2D eigenvalue weighted by Gasteiger charge is 2.39. The number of hydrogen-bond acceptors (Lipinski definition) is 3. The lowest BCUT2D eigenvalue weighted by atomic mass is 9.86. The third kappa shape index (κ3) is 3.16. The van der Waals surface area contributed by atoms with Crippen molar-refractivity contribution in [2.24, 2.45) is 5.92 Å². The Kier molecular flexibility index (Phi) is 4.49. The smallest absolute Gasteiger partial charge is 0.173 e. The molecule has 0 amide bonds. The van der Waals surface area contributed by atoms with Gasteiger partial charge in [-0.15, -0.1) is 0 Å². The number of ketones is 2. The first-order valence-corrected chi connectivity index (χ1v) is 8.40. The van der Waals surface area contributed by atoms with Gasteiger partial charge < -0.3 is 4.74 Å². The second-order valence-electron chi connectivity index (χ2n) is 6.89. The fourth-order valence-corrected chi connectivity index (χ4v) is 3.96. The maximum atomic E-state index is 12.9. The van der Waals surface area contributed by atoms with Crippen molar-refractivity contribution in [1.29, 1.82) is 0 Å². The molecule has 0 bridgehead atoms. The summed E-state index contributed by atoms with van der Waals surface area (Å²) < 4.78 is 5.36. The van der Waals surface area contributed by atoms with E-state index in [0.717, 1.165) is 42.7 Å². The zero-order chi connectivity index (χ0) is 16.6. The van der Waals surface area contributed by atoms with E-state index in [2.05, 4.69) is 12.1 Å². The van der Waals surface area contributed by atoms with Gasteiger partial charge in [-0.25, -0.2) is 0 Å². The number of carbonyl (C=O) groups is 2. The number of carbonyl (C=O) groups excluding carboxylic acids is 2. The normalized spacial score (nSPS) is 24.7. The van der Waals surface area contributed by atoms with Crippen molar-refractivity contribution in [2.45, 2.75) is 46.0 Å². The van der Waals surface area contributed by atoms with E-state index in [9.17, 15) is 9.59 Å². The van der Waals surface area contributed by atoms with Crippen molar-refractivity contribution in [1.82, 2.24) is 0 Å². The molecule has 0 aromatic heterocycles. The number of rotatable bonds is 2. The summed E-state index contributed by atoms with van der Waals surface area (Å²) in [5.41, 5.74) is 4.88.